The molecule has 2 aromatic carbocycles. The summed E-state index contributed by atoms with van der Waals surface area (Å²) < 4.78 is 41.2. The van der Waals surface area contributed by atoms with Gasteiger partial charge in [-0.2, -0.15) is 0 Å². The molecule has 0 radical (unpaired) electrons. The van der Waals surface area contributed by atoms with E-state index < -0.39 is 30.0 Å². The fourth-order valence-corrected chi connectivity index (χ4v) is 3.34. The summed E-state index contributed by atoms with van der Waals surface area (Å²) in [4.78, 5) is 30.9. The van der Waals surface area contributed by atoms with Gasteiger partial charge in [0.25, 0.3) is 5.91 Å². The molecule has 0 bridgehead atoms. The second-order valence-electron chi connectivity index (χ2n) is 6.74. The van der Waals surface area contributed by atoms with Crippen molar-refractivity contribution >= 4 is 28.4 Å². The summed E-state index contributed by atoms with van der Waals surface area (Å²) in [7, 11) is 0. The lowest BCUT2D eigenvalue weighted by molar-refractivity contribution is -0.274. The van der Waals surface area contributed by atoms with Gasteiger partial charge in [0.2, 0.25) is 5.91 Å². The molecule has 0 spiro atoms. The Hall–Kier alpha value is -3.62. The van der Waals surface area contributed by atoms with Crippen LogP contribution in [0.15, 0.2) is 60.7 Å². The van der Waals surface area contributed by atoms with Crippen LogP contribution in [0.1, 0.15) is 16.9 Å². The third-order valence-corrected chi connectivity index (χ3v) is 4.70. The number of benzene rings is 2. The Morgan fingerprint density at radius 3 is 2.70 bits per heavy atom. The first kappa shape index (κ1) is 19.7. The number of pyridine rings is 1. The molecule has 1 fully saturated rings. The predicted molar refractivity (Wildman–Crippen MR) is 103 cm³/mol. The Kier molecular flexibility index (Phi) is 5.03. The van der Waals surface area contributed by atoms with Crippen molar-refractivity contribution in [1.29, 1.82) is 0 Å². The molecule has 1 aromatic heterocycles. The molecule has 9 heteroatoms. The van der Waals surface area contributed by atoms with E-state index in [0.29, 0.717) is 11.9 Å². The van der Waals surface area contributed by atoms with Crippen molar-refractivity contribution < 1.29 is 27.5 Å². The quantitative estimate of drug-likeness (QED) is 0.706. The Morgan fingerprint density at radius 1 is 1.10 bits per heavy atom. The average Bonchev–Trinajstić information content (AvgIpc) is 3.06. The van der Waals surface area contributed by atoms with Crippen LogP contribution in [-0.2, 0) is 4.79 Å². The van der Waals surface area contributed by atoms with Crippen LogP contribution in [0.3, 0.4) is 0 Å². The highest BCUT2D eigenvalue weighted by Gasteiger charge is 2.35. The number of nitrogens with one attached hydrogen (secondary N) is 1. The van der Waals surface area contributed by atoms with Crippen molar-refractivity contribution in [2.45, 2.75) is 18.8 Å². The van der Waals surface area contributed by atoms with Gasteiger partial charge in [0, 0.05) is 23.7 Å². The Labute approximate surface area is 169 Å². The number of hydrogen-bond acceptors (Lipinski definition) is 4. The van der Waals surface area contributed by atoms with E-state index >= 15 is 0 Å². The second kappa shape index (κ2) is 7.66. The van der Waals surface area contributed by atoms with Crippen LogP contribution in [0.25, 0.3) is 10.9 Å². The average molecular weight is 415 g/mol. The Bertz CT molecular complexity index is 1120. The first-order valence-corrected chi connectivity index (χ1v) is 9.14. The molecule has 1 atom stereocenters. The van der Waals surface area contributed by atoms with E-state index in [1.54, 1.807) is 18.2 Å². The summed E-state index contributed by atoms with van der Waals surface area (Å²) in [6, 6.07) is 15.1. The zero-order chi connectivity index (χ0) is 21.3. The number of para-hydroxylation sites is 1. The van der Waals surface area contributed by atoms with Crippen molar-refractivity contribution in [3.63, 3.8) is 0 Å². The Morgan fingerprint density at radius 2 is 1.90 bits per heavy atom. The monoisotopic (exact) mass is 415 g/mol. The number of carbonyl (C=O) groups excluding carboxylic acids is 2. The van der Waals surface area contributed by atoms with Crippen molar-refractivity contribution in [3.05, 3.63) is 66.4 Å². The van der Waals surface area contributed by atoms with Crippen LogP contribution in [0.4, 0.5) is 18.9 Å². The molecular formula is C21H16F3N3O3. The molecular weight excluding hydrogens is 399 g/mol. The van der Waals surface area contributed by atoms with E-state index in [4.69, 9.17) is 0 Å². The topological polar surface area (TPSA) is 71.5 Å². The van der Waals surface area contributed by atoms with Crippen LogP contribution < -0.4 is 15.0 Å². The van der Waals surface area contributed by atoms with E-state index in [9.17, 15) is 22.8 Å². The molecule has 154 valence electrons. The van der Waals surface area contributed by atoms with Gasteiger partial charge in [0.15, 0.2) is 0 Å². The summed E-state index contributed by atoms with van der Waals surface area (Å²) in [5, 5.41) is 3.55. The van der Waals surface area contributed by atoms with E-state index in [1.807, 2.05) is 18.2 Å². The van der Waals surface area contributed by atoms with Crippen molar-refractivity contribution in [3.8, 4) is 5.75 Å². The molecule has 2 heterocycles. The summed E-state index contributed by atoms with van der Waals surface area (Å²) in [5.41, 5.74) is 1.11. The van der Waals surface area contributed by atoms with Gasteiger partial charge in [-0.1, -0.05) is 30.3 Å². The summed E-state index contributed by atoms with van der Waals surface area (Å²) in [6.07, 6.45) is -4.50. The lowest BCUT2D eigenvalue weighted by atomic mass is 10.2. The van der Waals surface area contributed by atoms with Gasteiger partial charge in [-0.05, 0) is 30.7 Å². The first-order valence-electron chi connectivity index (χ1n) is 9.14. The number of ether oxygens (including phenoxy) is 1. The van der Waals surface area contributed by atoms with Crippen LogP contribution in [-0.4, -0.2) is 35.7 Å². The number of fused-ring (bicyclic) bond motifs is 1. The minimum Gasteiger partial charge on any atom is -0.406 e. The van der Waals surface area contributed by atoms with Crippen LogP contribution in [0.5, 0.6) is 5.75 Å². The fourth-order valence-electron chi connectivity index (χ4n) is 3.34. The summed E-state index contributed by atoms with van der Waals surface area (Å²) in [6.45, 7) is 0.254. The Balaban J connectivity index is 1.46. The summed E-state index contributed by atoms with van der Waals surface area (Å²) in [5.74, 6) is -1.32. The van der Waals surface area contributed by atoms with E-state index in [-0.39, 0.29) is 17.9 Å². The maximum atomic E-state index is 12.7. The molecule has 30 heavy (non-hydrogen) atoms. The molecule has 1 unspecified atom stereocenters. The molecule has 0 saturated carbocycles. The van der Waals surface area contributed by atoms with Crippen molar-refractivity contribution in [2.75, 3.05) is 11.4 Å². The second-order valence-corrected chi connectivity index (χ2v) is 6.74. The number of aromatic nitrogens is 1. The molecule has 3 aromatic rings. The number of nitrogens with zero attached hydrogens (tertiary/aromatic N) is 2. The smallest absolute Gasteiger partial charge is 0.406 e. The van der Waals surface area contributed by atoms with Crippen LogP contribution >= 0.6 is 0 Å². The molecule has 1 aliphatic rings. The van der Waals surface area contributed by atoms with Gasteiger partial charge in [0.1, 0.15) is 17.5 Å². The zero-order valence-corrected chi connectivity index (χ0v) is 15.5. The van der Waals surface area contributed by atoms with E-state index in [1.165, 1.54) is 17.0 Å². The summed E-state index contributed by atoms with van der Waals surface area (Å²) >= 11 is 0. The van der Waals surface area contributed by atoms with Crippen molar-refractivity contribution in [1.82, 2.24) is 10.3 Å². The molecule has 1 saturated heterocycles. The number of alkyl halides is 3. The number of carbonyl (C=O) groups is 2. The number of amides is 2. The highest BCUT2D eigenvalue weighted by molar-refractivity contribution is 6.04. The van der Waals surface area contributed by atoms with Crippen molar-refractivity contribution in [2.24, 2.45) is 0 Å². The third-order valence-electron chi connectivity index (χ3n) is 4.70. The molecule has 0 aliphatic carbocycles. The molecule has 6 nitrogen and oxygen atoms in total. The molecule has 1 aliphatic heterocycles. The molecule has 2 amide bonds. The molecule has 1 N–H and O–H groups in total. The SMILES string of the molecule is O=C(NC1CCN(c2cccc(OC(F)(F)F)c2)C1=O)c1ccc2ccccc2n1. The highest BCUT2D eigenvalue weighted by atomic mass is 19.4. The van der Waals surface area contributed by atoms with Crippen LogP contribution in [0, 0.1) is 0 Å². The standard InChI is InChI=1S/C21H16F3N3O3/c22-21(23,24)30-15-6-3-5-14(12-15)27-11-10-18(20(27)29)26-19(28)17-9-8-13-4-1-2-7-16(13)25-17/h1-9,12,18H,10-11H2,(H,26,28). The van der Waals surface area contributed by atoms with E-state index in [2.05, 4.69) is 15.0 Å². The largest absolute Gasteiger partial charge is 0.573 e. The highest BCUT2D eigenvalue weighted by Crippen LogP contribution is 2.29. The minimum atomic E-state index is -4.82. The lowest BCUT2D eigenvalue weighted by Crippen LogP contribution is -2.41. The predicted octanol–water partition coefficient (Wildman–Crippen LogP) is 3.67. The van der Waals surface area contributed by atoms with Gasteiger partial charge in [-0.3, -0.25) is 9.59 Å². The van der Waals surface area contributed by atoms with E-state index in [0.717, 1.165) is 17.5 Å². The van der Waals surface area contributed by atoms with Gasteiger partial charge in [0.05, 0.1) is 5.52 Å². The molecule has 4 rings (SSSR count). The van der Waals surface area contributed by atoms with Gasteiger partial charge < -0.3 is 15.0 Å². The van der Waals surface area contributed by atoms with Crippen LogP contribution in [0.2, 0.25) is 0 Å². The van der Waals surface area contributed by atoms with Gasteiger partial charge in [-0.15, -0.1) is 13.2 Å². The lowest BCUT2D eigenvalue weighted by Gasteiger charge is -2.18. The minimum absolute atomic E-state index is 0.181. The normalized spacial score (nSPS) is 16.7. The first-order chi connectivity index (χ1) is 14.3. The maximum absolute atomic E-state index is 12.7. The number of hydrogen-bond donors (Lipinski definition) is 1. The van der Waals surface area contributed by atoms with Gasteiger partial charge in [-0.25, -0.2) is 4.98 Å². The maximum Gasteiger partial charge on any atom is 0.573 e. The third kappa shape index (κ3) is 4.19. The fraction of sp³-hybridized carbons (Fsp3) is 0.190. The number of halogens is 3. The van der Waals surface area contributed by atoms with Gasteiger partial charge >= 0.3 is 6.36 Å². The zero-order valence-electron chi connectivity index (χ0n) is 15.5. The number of rotatable bonds is 4. The number of anilines is 1.